The average Bonchev–Trinajstić information content (AvgIpc) is 2.80. The Balaban J connectivity index is 2.23. The number of hydrogen-bond acceptors (Lipinski definition) is 3. The van der Waals surface area contributed by atoms with Gasteiger partial charge < -0.3 is 5.11 Å². The van der Waals surface area contributed by atoms with E-state index in [2.05, 4.69) is 10.1 Å². The molecule has 0 saturated heterocycles. The van der Waals surface area contributed by atoms with Gasteiger partial charge in [-0.05, 0) is 19.9 Å². The predicted molar refractivity (Wildman–Crippen MR) is 70.5 cm³/mol. The van der Waals surface area contributed by atoms with Crippen molar-refractivity contribution in [3.63, 3.8) is 0 Å². The van der Waals surface area contributed by atoms with Crippen LogP contribution in [-0.2, 0) is 6.42 Å². The van der Waals surface area contributed by atoms with Crippen molar-refractivity contribution in [1.82, 2.24) is 14.8 Å². The molecule has 6 heteroatoms. The minimum atomic E-state index is -1.000. The van der Waals surface area contributed by atoms with E-state index in [0.29, 0.717) is 5.82 Å². The summed E-state index contributed by atoms with van der Waals surface area (Å²) >= 11 is 5.70. The molecule has 0 bridgehead atoms. The fourth-order valence-electron chi connectivity index (χ4n) is 1.91. The molecule has 1 unspecified atom stereocenters. The van der Waals surface area contributed by atoms with Crippen LogP contribution < -0.4 is 0 Å². The van der Waals surface area contributed by atoms with Gasteiger partial charge in [0, 0.05) is 18.0 Å². The van der Waals surface area contributed by atoms with Crippen LogP contribution in [-0.4, -0.2) is 19.9 Å². The Hall–Kier alpha value is -1.46. The Morgan fingerprint density at radius 1 is 1.42 bits per heavy atom. The Morgan fingerprint density at radius 2 is 2.16 bits per heavy atom. The number of hydrogen-bond donors (Lipinski definition) is 1. The monoisotopic (exact) mass is 283 g/mol. The SMILES string of the molecule is CC(C)n1ncnc1CC(O)c1cccc(Cl)c1F. The van der Waals surface area contributed by atoms with Gasteiger partial charge in [0.1, 0.15) is 18.0 Å². The lowest BCUT2D eigenvalue weighted by Gasteiger charge is -2.14. The number of halogens is 2. The third-order valence-corrected chi connectivity index (χ3v) is 3.14. The summed E-state index contributed by atoms with van der Waals surface area (Å²) in [5.41, 5.74) is 0.172. The highest BCUT2D eigenvalue weighted by Crippen LogP contribution is 2.25. The number of benzene rings is 1. The van der Waals surface area contributed by atoms with E-state index < -0.39 is 11.9 Å². The molecule has 0 aliphatic carbocycles. The van der Waals surface area contributed by atoms with Gasteiger partial charge in [-0.3, -0.25) is 0 Å². The Kier molecular flexibility index (Phi) is 4.17. The zero-order valence-electron chi connectivity index (χ0n) is 10.7. The topological polar surface area (TPSA) is 50.9 Å². The summed E-state index contributed by atoms with van der Waals surface area (Å²) in [5.74, 6) is 0.0224. The third kappa shape index (κ3) is 2.93. The van der Waals surface area contributed by atoms with Crippen LogP contribution in [0.3, 0.4) is 0 Å². The number of nitrogens with zero attached hydrogens (tertiary/aromatic N) is 3. The van der Waals surface area contributed by atoms with Crippen molar-refractivity contribution in [2.24, 2.45) is 0 Å². The molecule has 1 heterocycles. The van der Waals surface area contributed by atoms with E-state index in [9.17, 15) is 9.50 Å². The van der Waals surface area contributed by atoms with Crippen LogP contribution in [0.15, 0.2) is 24.5 Å². The van der Waals surface area contributed by atoms with Crippen LogP contribution in [0.5, 0.6) is 0 Å². The average molecular weight is 284 g/mol. The lowest BCUT2D eigenvalue weighted by Crippen LogP contribution is -2.13. The van der Waals surface area contributed by atoms with Crippen LogP contribution in [0.25, 0.3) is 0 Å². The third-order valence-electron chi connectivity index (χ3n) is 2.85. The summed E-state index contributed by atoms with van der Waals surface area (Å²) in [7, 11) is 0. The van der Waals surface area contributed by atoms with E-state index in [-0.39, 0.29) is 23.0 Å². The van der Waals surface area contributed by atoms with Crippen LogP contribution in [0, 0.1) is 5.82 Å². The predicted octanol–water partition coefficient (Wildman–Crippen LogP) is 2.93. The molecule has 0 aliphatic heterocycles. The van der Waals surface area contributed by atoms with Gasteiger partial charge in [-0.25, -0.2) is 14.1 Å². The Bertz CT molecular complexity index is 571. The Labute approximate surface area is 115 Å². The quantitative estimate of drug-likeness (QED) is 0.938. The molecule has 2 rings (SSSR count). The van der Waals surface area contributed by atoms with Crippen molar-refractivity contribution in [2.45, 2.75) is 32.4 Å². The van der Waals surface area contributed by atoms with Crippen molar-refractivity contribution in [3.8, 4) is 0 Å². The van der Waals surface area contributed by atoms with Crippen molar-refractivity contribution in [1.29, 1.82) is 0 Å². The molecular formula is C13H15ClFN3O. The van der Waals surface area contributed by atoms with Gasteiger partial charge in [-0.2, -0.15) is 5.10 Å². The molecule has 0 spiro atoms. The molecule has 1 N–H and O–H groups in total. The van der Waals surface area contributed by atoms with Crippen LogP contribution in [0.4, 0.5) is 4.39 Å². The first-order valence-electron chi connectivity index (χ1n) is 6.01. The van der Waals surface area contributed by atoms with Crippen LogP contribution >= 0.6 is 11.6 Å². The number of aromatic nitrogens is 3. The second-order valence-corrected chi connectivity index (χ2v) is 4.98. The lowest BCUT2D eigenvalue weighted by atomic mass is 10.1. The molecule has 0 aliphatic rings. The zero-order chi connectivity index (χ0) is 14.0. The maximum Gasteiger partial charge on any atom is 0.147 e. The maximum atomic E-state index is 13.8. The molecule has 102 valence electrons. The molecule has 4 nitrogen and oxygen atoms in total. The van der Waals surface area contributed by atoms with E-state index in [1.54, 1.807) is 10.7 Å². The molecule has 0 amide bonds. The minimum absolute atomic E-state index is 0.00174. The summed E-state index contributed by atoms with van der Waals surface area (Å²) in [6, 6.07) is 4.71. The fourth-order valence-corrected chi connectivity index (χ4v) is 2.09. The number of rotatable bonds is 4. The van der Waals surface area contributed by atoms with Gasteiger partial charge in [0.25, 0.3) is 0 Å². The van der Waals surface area contributed by atoms with E-state index >= 15 is 0 Å². The van der Waals surface area contributed by atoms with E-state index in [1.165, 1.54) is 18.5 Å². The highest BCUT2D eigenvalue weighted by molar-refractivity contribution is 6.30. The summed E-state index contributed by atoms with van der Waals surface area (Å²) in [4.78, 5) is 4.09. The highest BCUT2D eigenvalue weighted by atomic mass is 35.5. The molecule has 1 aromatic heterocycles. The first kappa shape index (κ1) is 14.0. The minimum Gasteiger partial charge on any atom is -0.388 e. The second kappa shape index (κ2) is 5.67. The molecular weight excluding hydrogens is 269 g/mol. The van der Waals surface area contributed by atoms with Crippen molar-refractivity contribution < 1.29 is 9.50 Å². The summed E-state index contributed by atoms with van der Waals surface area (Å²) in [6.45, 7) is 3.93. The van der Waals surface area contributed by atoms with Crippen LogP contribution in [0.2, 0.25) is 5.02 Å². The molecule has 1 aromatic carbocycles. The molecule has 19 heavy (non-hydrogen) atoms. The molecule has 1 atom stereocenters. The van der Waals surface area contributed by atoms with Crippen LogP contribution in [0.1, 0.15) is 37.4 Å². The highest BCUT2D eigenvalue weighted by Gasteiger charge is 2.18. The number of aliphatic hydroxyl groups excluding tert-OH is 1. The molecule has 0 fully saturated rings. The summed E-state index contributed by atoms with van der Waals surface area (Å²) in [6.07, 6.45) is 0.617. The van der Waals surface area contributed by atoms with E-state index in [0.717, 1.165) is 0 Å². The number of aliphatic hydroxyl groups is 1. The summed E-state index contributed by atoms with van der Waals surface area (Å²) in [5, 5.41) is 14.2. The summed E-state index contributed by atoms with van der Waals surface area (Å²) < 4.78 is 15.5. The van der Waals surface area contributed by atoms with Gasteiger partial charge in [-0.1, -0.05) is 23.7 Å². The van der Waals surface area contributed by atoms with Crippen molar-refractivity contribution >= 4 is 11.6 Å². The largest absolute Gasteiger partial charge is 0.388 e. The molecule has 0 saturated carbocycles. The Morgan fingerprint density at radius 3 is 2.84 bits per heavy atom. The smallest absolute Gasteiger partial charge is 0.147 e. The van der Waals surface area contributed by atoms with Gasteiger partial charge in [0.05, 0.1) is 11.1 Å². The van der Waals surface area contributed by atoms with Gasteiger partial charge in [0.2, 0.25) is 0 Å². The molecule has 0 radical (unpaired) electrons. The fraction of sp³-hybridized carbons (Fsp3) is 0.385. The lowest BCUT2D eigenvalue weighted by molar-refractivity contribution is 0.168. The van der Waals surface area contributed by atoms with E-state index in [4.69, 9.17) is 11.6 Å². The van der Waals surface area contributed by atoms with E-state index in [1.807, 2.05) is 13.8 Å². The zero-order valence-corrected chi connectivity index (χ0v) is 11.5. The van der Waals surface area contributed by atoms with Gasteiger partial charge in [-0.15, -0.1) is 0 Å². The standard InChI is InChI=1S/C13H15ClFN3O/c1-8(2)18-12(16-7-17-18)6-11(19)9-4-3-5-10(14)13(9)15/h3-5,7-8,11,19H,6H2,1-2H3. The normalized spacial score (nSPS) is 12.9. The second-order valence-electron chi connectivity index (χ2n) is 4.58. The van der Waals surface area contributed by atoms with Gasteiger partial charge >= 0.3 is 0 Å². The maximum absolute atomic E-state index is 13.8. The van der Waals surface area contributed by atoms with Crippen molar-refractivity contribution in [3.05, 3.63) is 46.8 Å². The molecule has 2 aromatic rings. The first-order chi connectivity index (χ1) is 9.00. The van der Waals surface area contributed by atoms with Gasteiger partial charge in [0.15, 0.2) is 0 Å². The first-order valence-corrected chi connectivity index (χ1v) is 6.39. The van der Waals surface area contributed by atoms with Crippen molar-refractivity contribution in [2.75, 3.05) is 0 Å².